The van der Waals surface area contributed by atoms with Crippen molar-refractivity contribution in [1.29, 1.82) is 0 Å². The predicted octanol–water partition coefficient (Wildman–Crippen LogP) is 2.18. The normalized spacial score (nSPS) is 10.0. The second-order valence-corrected chi connectivity index (χ2v) is 4.03. The van der Waals surface area contributed by atoms with Gasteiger partial charge in [0, 0.05) is 13.8 Å². The van der Waals surface area contributed by atoms with E-state index in [-0.39, 0.29) is 11.5 Å². The summed E-state index contributed by atoms with van der Waals surface area (Å²) in [5, 5.41) is -0.655. The molecule has 0 amide bonds. The van der Waals surface area contributed by atoms with E-state index in [9.17, 15) is 14.4 Å². The van der Waals surface area contributed by atoms with Gasteiger partial charge in [0.15, 0.2) is 0 Å². The fourth-order valence-electron chi connectivity index (χ4n) is 1.13. The minimum absolute atomic E-state index is 0.000741. The fraction of sp³-hybridized carbons (Fsp3) is 0.154. The number of rotatable bonds is 6. The molecule has 0 spiro atoms. The Hall–Kier alpha value is -2.54. The third kappa shape index (κ3) is 6.44. The summed E-state index contributed by atoms with van der Waals surface area (Å²) in [5.41, 5.74) is 0.515. The molecular weight excluding hydrogens is 304 g/mol. The highest BCUT2D eigenvalue weighted by molar-refractivity contribution is 6.66. The van der Waals surface area contributed by atoms with Crippen molar-refractivity contribution < 1.29 is 33.9 Å². The summed E-state index contributed by atoms with van der Waals surface area (Å²) in [7, 11) is 0. The van der Waals surface area contributed by atoms with Crippen LogP contribution in [0, 0.1) is 0 Å². The van der Waals surface area contributed by atoms with Gasteiger partial charge in [0.25, 0.3) is 0 Å². The van der Waals surface area contributed by atoms with Gasteiger partial charge in [-0.25, -0.2) is 9.59 Å². The van der Waals surface area contributed by atoms with Crippen molar-refractivity contribution in [1.82, 2.24) is 0 Å². The molecule has 0 heterocycles. The number of carbonyl (C=O) groups is 3. The lowest BCUT2D eigenvalue weighted by molar-refractivity contribution is -0.223. The van der Waals surface area contributed by atoms with Crippen molar-refractivity contribution in [3.05, 3.63) is 29.8 Å². The Morgan fingerprint density at radius 2 is 1.57 bits per heavy atom. The second kappa shape index (κ2) is 7.91. The maximum atomic E-state index is 10.7. The molecule has 0 unspecified atom stereocenters. The molecule has 1 aromatic carbocycles. The van der Waals surface area contributed by atoms with Crippen LogP contribution in [0.5, 0.6) is 11.5 Å². The number of allylic oxidation sites excluding steroid dienone is 1. The Labute approximate surface area is 124 Å². The van der Waals surface area contributed by atoms with Crippen molar-refractivity contribution in [2.45, 2.75) is 13.8 Å². The van der Waals surface area contributed by atoms with E-state index in [1.165, 1.54) is 24.3 Å². The molecule has 0 aromatic heterocycles. The van der Waals surface area contributed by atoms with Gasteiger partial charge in [-0.15, -0.1) is 0 Å². The Kier molecular flexibility index (Phi) is 6.22. The van der Waals surface area contributed by atoms with Crippen molar-refractivity contribution in [2.24, 2.45) is 0 Å². The highest BCUT2D eigenvalue weighted by Gasteiger charge is 2.11. The molecule has 0 aliphatic rings. The molecule has 112 valence electrons. The Bertz CT molecular complexity index is 580. The quantitative estimate of drug-likeness (QED) is 0.344. The minimum Gasteiger partial charge on any atom is -0.283 e. The SMILES string of the molecule is CC(=O)OOc1ccc(C=CC(=O)Cl)cc1OOC(C)=O. The van der Waals surface area contributed by atoms with Gasteiger partial charge < -0.3 is 0 Å². The summed E-state index contributed by atoms with van der Waals surface area (Å²) < 4.78 is 0. The lowest BCUT2D eigenvalue weighted by Gasteiger charge is -2.09. The summed E-state index contributed by atoms with van der Waals surface area (Å²) in [5.74, 6) is -1.40. The van der Waals surface area contributed by atoms with Crippen molar-refractivity contribution in [3.8, 4) is 11.5 Å². The van der Waals surface area contributed by atoms with Gasteiger partial charge in [0.2, 0.25) is 16.7 Å². The molecule has 0 atom stereocenters. The van der Waals surface area contributed by atoms with Crippen LogP contribution in [0.4, 0.5) is 0 Å². The molecule has 0 radical (unpaired) electrons. The highest BCUT2D eigenvalue weighted by atomic mass is 35.5. The fourth-order valence-corrected chi connectivity index (χ4v) is 1.19. The zero-order valence-electron chi connectivity index (χ0n) is 11.1. The maximum absolute atomic E-state index is 10.7. The summed E-state index contributed by atoms with van der Waals surface area (Å²) in [6, 6.07) is 4.31. The molecule has 0 aliphatic carbocycles. The van der Waals surface area contributed by atoms with Crippen molar-refractivity contribution in [2.75, 3.05) is 0 Å². The van der Waals surface area contributed by atoms with Crippen LogP contribution in [0.3, 0.4) is 0 Å². The largest absolute Gasteiger partial charge is 0.352 e. The van der Waals surface area contributed by atoms with Crippen LogP contribution in [-0.4, -0.2) is 17.2 Å². The van der Waals surface area contributed by atoms with E-state index < -0.39 is 17.2 Å². The summed E-state index contributed by atoms with van der Waals surface area (Å²) in [6.07, 6.45) is 2.53. The summed E-state index contributed by atoms with van der Waals surface area (Å²) in [4.78, 5) is 50.3. The van der Waals surface area contributed by atoms with E-state index in [1.807, 2.05) is 0 Å². The lowest BCUT2D eigenvalue weighted by atomic mass is 10.2. The monoisotopic (exact) mass is 314 g/mol. The molecule has 21 heavy (non-hydrogen) atoms. The van der Waals surface area contributed by atoms with E-state index in [4.69, 9.17) is 21.4 Å². The van der Waals surface area contributed by atoms with E-state index in [2.05, 4.69) is 9.78 Å². The first-order valence-electron chi connectivity index (χ1n) is 5.60. The van der Waals surface area contributed by atoms with Crippen LogP contribution in [0.2, 0.25) is 0 Å². The van der Waals surface area contributed by atoms with Gasteiger partial charge in [-0.3, -0.25) is 24.3 Å². The average molecular weight is 315 g/mol. The Balaban J connectivity index is 2.97. The number of benzene rings is 1. The Morgan fingerprint density at radius 3 is 2.10 bits per heavy atom. The van der Waals surface area contributed by atoms with Crippen molar-refractivity contribution in [3.63, 3.8) is 0 Å². The third-order valence-corrected chi connectivity index (χ3v) is 2.00. The molecule has 0 bridgehead atoms. The zero-order valence-corrected chi connectivity index (χ0v) is 11.9. The standard InChI is InChI=1S/C13H11ClO7/c1-8(15)18-20-11-5-3-10(4-6-13(14)17)7-12(11)21-19-9(2)16/h3-7H,1-2H3. The maximum Gasteiger partial charge on any atom is 0.352 e. The second-order valence-electron chi connectivity index (χ2n) is 3.66. The lowest BCUT2D eigenvalue weighted by Crippen LogP contribution is -2.07. The molecular formula is C13H11ClO7. The summed E-state index contributed by atoms with van der Waals surface area (Å²) in [6.45, 7) is 2.29. The number of hydrogen-bond acceptors (Lipinski definition) is 7. The average Bonchev–Trinajstić information content (AvgIpc) is 2.41. The third-order valence-electron chi connectivity index (χ3n) is 1.87. The van der Waals surface area contributed by atoms with Crippen LogP contribution in [0.1, 0.15) is 19.4 Å². The van der Waals surface area contributed by atoms with Crippen LogP contribution < -0.4 is 9.78 Å². The zero-order chi connectivity index (χ0) is 15.8. The van der Waals surface area contributed by atoms with Crippen molar-refractivity contribution >= 4 is 34.9 Å². The van der Waals surface area contributed by atoms with E-state index >= 15 is 0 Å². The first kappa shape index (κ1) is 16.5. The molecule has 0 N–H and O–H groups in total. The van der Waals surface area contributed by atoms with Gasteiger partial charge in [-0.1, -0.05) is 12.1 Å². The van der Waals surface area contributed by atoms with Gasteiger partial charge in [-0.05, 0) is 35.4 Å². The first-order chi connectivity index (χ1) is 9.88. The van der Waals surface area contributed by atoms with E-state index in [0.717, 1.165) is 19.9 Å². The number of carbonyl (C=O) groups excluding carboxylic acids is 3. The van der Waals surface area contributed by atoms with Gasteiger partial charge in [0.1, 0.15) is 0 Å². The molecule has 1 rings (SSSR count). The summed E-state index contributed by atoms with van der Waals surface area (Å²) >= 11 is 5.18. The molecule has 8 heteroatoms. The molecule has 1 aromatic rings. The van der Waals surface area contributed by atoms with Crippen LogP contribution in [0.15, 0.2) is 24.3 Å². The molecule has 7 nitrogen and oxygen atoms in total. The van der Waals surface area contributed by atoms with Crippen LogP contribution in [-0.2, 0) is 24.2 Å². The molecule has 0 saturated carbocycles. The van der Waals surface area contributed by atoms with Gasteiger partial charge in [-0.2, -0.15) is 0 Å². The molecule has 0 aliphatic heterocycles. The molecule has 0 saturated heterocycles. The first-order valence-corrected chi connectivity index (χ1v) is 5.98. The minimum atomic E-state index is -0.690. The van der Waals surface area contributed by atoms with Crippen LogP contribution in [0.25, 0.3) is 6.08 Å². The van der Waals surface area contributed by atoms with Crippen LogP contribution >= 0.6 is 11.6 Å². The number of halogens is 1. The highest BCUT2D eigenvalue weighted by Crippen LogP contribution is 2.29. The van der Waals surface area contributed by atoms with Gasteiger partial charge >= 0.3 is 11.9 Å². The smallest absolute Gasteiger partial charge is 0.283 e. The number of hydrogen-bond donors (Lipinski definition) is 0. The van der Waals surface area contributed by atoms with Gasteiger partial charge in [0.05, 0.1) is 0 Å². The van der Waals surface area contributed by atoms with E-state index in [1.54, 1.807) is 0 Å². The predicted molar refractivity (Wildman–Crippen MR) is 71.1 cm³/mol. The molecule has 0 fully saturated rings. The Morgan fingerprint density at radius 1 is 1.00 bits per heavy atom. The van der Waals surface area contributed by atoms with E-state index in [0.29, 0.717) is 5.56 Å². The topological polar surface area (TPSA) is 88.1 Å².